The topological polar surface area (TPSA) is 45.7 Å². The summed E-state index contributed by atoms with van der Waals surface area (Å²) in [6.07, 6.45) is 11.4. The zero-order valence-electron chi connectivity index (χ0n) is 14.3. The van der Waals surface area contributed by atoms with E-state index < -0.39 is 0 Å². The van der Waals surface area contributed by atoms with Gasteiger partial charge in [0.1, 0.15) is 0 Å². The third-order valence-electron chi connectivity index (χ3n) is 5.62. The molecule has 2 heterocycles. The Bertz CT molecular complexity index is 385. The standard InChI is InChI=1S/C18H33N3O/c1-3-19-18(21-16-12-15-7-8-17(16)22-15)20-10-9-14-6-4-5-13(2)11-14/h13-17H,3-12H2,1-2H3,(H2,19,20,21). The van der Waals surface area contributed by atoms with E-state index in [1.807, 2.05) is 0 Å². The summed E-state index contributed by atoms with van der Waals surface area (Å²) in [4.78, 5) is 4.82. The Kier molecular flexibility index (Phi) is 5.61. The zero-order chi connectivity index (χ0) is 15.4. The lowest BCUT2D eigenvalue weighted by Gasteiger charge is -2.26. The molecule has 3 rings (SSSR count). The van der Waals surface area contributed by atoms with Crippen LogP contribution in [0.3, 0.4) is 0 Å². The summed E-state index contributed by atoms with van der Waals surface area (Å²) in [5.74, 6) is 2.80. The summed E-state index contributed by atoms with van der Waals surface area (Å²) in [5, 5.41) is 7.01. The molecule has 0 amide bonds. The Hall–Kier alpha value is -0.770. The van der Waals surface area contributed by atoms with Gasteiger partial charge in [-0.25, -0.2) is 0 Å². The molecule has 0 aromatic rings. The second-order valence-corrected chi connectivity index (χ2v) is 7.55. The molecule has 0 aromatic carbocycles. The van der Waals surface area contributed by atoms with Crippen LogP contribution in [0, 0.1) is 11.8 Å². The van der Waals surface area contributed by atoms with Gasteiger partial charge in [0.2, 0.25) is 0 Å². The third kappa shape index (κ3) is 4.15. The second kappa shape index (κ2) is 7.67. The molecule has 3 aliphatic rings. The molecule has 3 fully saturated rings. The summed E-state index contributed by atoms with van der Waals surface area (Å²) < 4.78 is 5.93. The van der Waals surface area contributed by atoms with E-state index in [0.29, 0.717) is 18.2 Å². The van der Waals surface area contributed by atoms with Crippen LogP contribution in [0.15, 0.2) is 4.99 Å². The van der Waals surface area contributed by atoms with Crippen molar-refractivity contribution in [3.05, 3.63) is 0 Å². The number of nitrogens with zero attached hydrogens (tertiary/aromatic N) is 1. The first-order chi connectivity index (χ1) is 10.7. The van der Waals surface area contributed by atoms with Crippen LogP contribution < -0.4 is 10.6 Å². The van der Waals surface area contributed by atoms with E-state index in [0.717, 1.165) is 37.3 Å². The molecular weight excluding hydrogens is 274 g/mol. The molecule has 0 radical (unpaired) electrons. The summed E-state index contributed by atoms with van der Waals surface area (Å²) >= 11 is 0. The molecule has 4 nitrogen and oxygen atoms in total. The fraction of sp³-hybridized carbons (Fsp3) is 0.944. The average Bonchev–Trinajstić information content (AvgIpc) is 3.10. The molecule has 2 bridgehead atoms. The maximum absolute atomic E-state index is 5.93. The van der Waals surface area contributed by atoms with Crippen LogP contribution >= 0.6 is 0 Å². The number of rotatable bonds is 5. The number of fused-ring (bicyclic) bond motifs is 2. The number of aliphatic imine (C=N–C) groups is 1. The van der Waals surface area contributed by atoms with Crippen molar-refractivity contribution in [2.45, 2.75) is 83.5 Å². The summed E-state index contributed by atoms with van der Waals surface area (Å²) in [5.41, 5.74) is 0. The number of guanidine groups is 1. The van der Waals surface area contributed by atoms with Crippen LogP contribution in [0.2, 0.25) is 0 Å². The molecule has 0 aromatic heterocycles. The van der Waals surface area contributed by atoms with E-state index in [4.69, 9.17) is 9.73 Å². The number of hydrogen-bond acceptors (Lipinski definition) is 2. The Morgan fingerprint density at radius 3 is 2.77 bits per heavy atom. The molecule has 5 atom stereocenters. The van der Waals surface area contributed by atoms with Gasteiger partial charge in [-0.2, -0.15) is 0 Å². The maximum Gasteiger partial charge on any atom is 0.191 e. The van der Waals surface area contributed by atoms with Crippen molar-refractivity contribution in [1.29, 1.82) is 0 Å². The first-order valence-electron chi connectivity index (χ1n) is 9.45. The predicted molar refractivity (Wildman–Crippen MR) is 91.2 cm³/mol. The first-order valence-corrected chi connectivity index (χ1v) is 9.45. The minimum Gasteiger partial charge on any atom is -0.373 e. The van der Waals surface area contributed by atoms with Crippen LogP contribution in [-0.4, -0.2) is 37.3 Å². The van der Waals surface area contributed by atoms with Gasteiger partial charge in [-0.1, -0.05) is 26.2 Å². The van der Waals surface area contributed by atoms with Gasteiger partial charge in [0, 0.05) is 13.1 Å². The molecule has 1 aliphatic carbocycles. The minimum atomic E-state index is 0.410. The van der Waals surface area contributed by atoms with E-state index in [1.54, 1.807) is 0 Å². The van der Waals surface area contributed by atoms with Gasteiger partial charge in [0.25, 0.3) is 0 Å². The van der Waals surface area contributed by atoms with Gasteiger partial charge in [-0.05, 0) is 50.9 Å². The molecule has 2 N–H and O–H groups in total. The monoisotopic (exact) mass is 307 g/mol. The van der Waals surface area contributed by atoms with E-state index in [2.05, 4.69) is 24.5 Å². The van der Waals surface area contributed by atoms with E-state index in [1.165, 1.54) is 44.9 Å². The lowest BCUT2D eigenvalue weighted by molar-refractivity contribution is 0.0992. The van der Waals surface area contributed by atoms with Crippen molar-refractivity contribution in [2.75, 3.05) is 13.1 Å². The molecule has 2 aliphatic heterocycles. The van der Waals surface area contributed by atoms with Gasteiger partial charge < -0.3 is 15.4 Å². The largest absolute Gasteiger partial charge is 0.373 e. The van der Waals surface area contributed by atoms with Crippen molar-refractivity contribution < 1.29 is 4.74 Å². The van der Waals surface area contributed by atoms with Crippen molar-refractivity contribution in [2.24, 2.45) is 16.8 Å². The third-order valence-corrected chi connectivity index (χ3v) is 5.62. The quantitative estimate of drug-likeness (QED) is 0.606. The van der Waals surface area contributed by atoms with Gasteiger partial charge in [0.05, 0.1) is 18.2 Å². The zero-order valence-corrected chi connectivity index (χ0v) is 14.3. The molecular formula is C18H33N3O. The van der Waals surface area contributed by atoms with E-state index in [9.17, 15) is 0 Å². The molecule has 22 heavy (non-hydrogen) atoms. The van der Waals surface area contributed by atoms with Gasteiger partial charge in [-0.3, -0.25) is 4.99 Å². The minimum absolute atomic E-state index is 0.410. The molecule has 0 spiro atoms. The highest BCUT2D eigenvalue weighted by atomic mass is 16.5. The summed E-state index contributed by atoms with van der Waals surface area (Å²) in [6.45, 7) is 6.41. The second-order valence-electron chi connectivity index (χ2n) is 7.55. The van der Waals surface area contributed by atoms with E-state index in [-0.39, 0.29) is 0 Å². The normalized spacial score (nSPS) is 38.3. The lowest BCUT2D eigenvalue weighted by Crippen LogP contribution is -2.47. The SMILES string of the molecule is CCNC(=NCCC1CCCC(C)C1)NC1CC2CCC1O2. The van der Waals surface area contributed by atoms with Gasteiger partial charge >= 0.3 is 0 Å². The number of hydrogen-bond donors (Lipinski definition) is 2. The van der Waals surface area contributed by atoms with Crippen LogP contribution in [0.5, 0.6) is 0 Å². The summed E-state index contributed by atoms with van der Waals surface area (Å²) in [6, 6.07) is 0.464. The molecule has 1 saturated carbocycles. The Morgan fingerprint density at radius 2 is 2.09 bits per heavy atom. The fourth-order valence-electron chi connectivity index (χ4n) is 4.47. The lowest BCUT2D eigenvalue weighted by atomic mass is 9.81. The van der Waals surface area contributed by atoms with Crippen molar-refractivity contribution in [3.63, 3.8) is 0 Å². The summed E-state index contributed by atoms with van der Waals surface area (Å²) in [7, 11) is 0. The highest BCUT2D eigenvalue weighted by Crippen LogP contribution is 2.34. The highest BCUT2D eigenvalue weighted by Gasteiger charge is 2.41. The van der Waals surface area contributed by atoms with Crippen LogP contribution in [0.1, 0.15) is 65.2 Å². The van der Waals surface area contributed by atoms with Gasteiger partial charge in [-0.15, -0.1) is 0 Å². The first kappa shape index (κ1) is 16.1. The van der Waals surface area contributed by atoms with Crippen molar-refractivity contribution in [1.82, 2.24) is 10.6 Å². The highest BCUT2D eigenvalue weighted by molar-refractivity contribution is 5.80. The van der Waals surface area contributed by atoms with Crippen LogP contribution in [-0.2, 0) is 4.74 Å². The fourth-order valence-corrected chi connectivity index (χ4v) is 4.47. The number of ether oxygens (including phenoxy) is 1. The molecule has 2 saturated heterocycles. The predicted octanol–water partition coefficient (Wildman–Crippen LogP) is 3.08. The molecule has 4 heteroatoms. The Labute approximate surface area is 135 Å². The molecule has 5 unspecified atom stereocenters. The van der Waals surface area contributed by atoms with E-state index >= 15 is 0 Å². The maximum atomic E-state index is 5.93. The van der Waals surface area contributed by atoms with Crippen LogP contribution in [0.4, 0.5) is 0 Å². The smallest absolute Gasteiger partial charge is 0.191 e. The number of nitrogens with one attached hydrogen (secondary N) is 2. The Balaban J connectivity index is 1.45. The van der Waals surface area contributed by atoms with Crippen molar-refractivity contribution >= 4 is 5.96 Å². The van der Waals surface area contributed by atoms with Crippen LogP contribution in [0.25, 0.3) is 0 Å². The van der Waals surface area contributed by atoms with Gasteiger partial charge in [0.15, 0.2) is 5.96 Å². The Morgan fingerprint density at radius 1 is 1.18 bits per heavy atom. The van der Waals surface area contributed by atoms with Crippen molar-refractivity contribution in [3.8, 4) is 0 Å². The molecule has 126 valence electrons. The average molecular weight is 307 g/mol.